The maximum Gasteiger partial charge on any atom is 0.363 e. The number of nitrogens with zero attached hydrogens (tertiary/aromatic N) is 1. The van der Waals surface area contributed by atoms with E-state index in [1.54, 1.807) is 42.5 Å². The zero-order chi connectivity index (χ0) is 22.5. The average Bonchev–Trinajstić information content (AvgIpc) is 3.15. The lowest BCUT2D eigenvalue weighted by Crippen LogP contribution is -2.05. The summed E-state index contributed by atoms with van der Waals surface area (Å²) in [7, 11) is 0. The predicted molar refractivity (Wildman–Crippen MR) is 128 cm³/mol. The van der Waals surface area contributed by atoms with Gasteiger partial charge in [-0.1, -0.05) is 24.3 Å². The number of hydrogen-bond acceptors (Lipinski definition) is 5. The maximum absolute atomic E-state index is 13.9. The van der Waals surface area contributed by atoms with Gasteiger partial charge in [0.2, 0.25) is 5.90 Å². The number of carbonyl (C=O) groups is 1. The first kappa shape index (κ1) is 22.0. The molecule has 0 spiro atoms. The predicted octanol–water partition coefficient (Wildman–Crippen LogP) is 5.75. The van der Waals surface area contributed by atoms with Gasteiger partial charge in [-0.2, -0.15) is 0 Å². The number of halogens is 2. The summed E-state index contributed by atoms with van der Waals surface area (Å²) < 4.78 is 31.7. The number of carbonyl (C=O) groups excluding carboxylic acids is 1. The molecule has 32 heavy (non-hydrogen) atoms. The second-order valence-corrected chi connectivity index (χ2v) is 8.11. The van der Waals surface area contributed by atoms with Crippen molar-refractivity contribution in [3.05, 3.63) is 98.5 Å². The van der Waals surface area contributed by atoms with Crippen LogP contribution in [0.1, 0.15) is 23.6 Å². The first-order valence-electron chi connectivity index (χ1n) is 9.95. The van der Waals surface area contributed by atoms with Gasteiger partial charge in [0.05, 0.1) is 6.61 Å². The van der Waals surface area contributed by atoms with E-state index in [0.29, 0.717) is 29.2 Å². The van der Waals surface area contributed by atoms with Crippen molar-refractivity contribution >= 4 is 40.5 Å². The molecule has 1 heterocycles. The monoisotopic (exact) mass is 543 g/mol. The van der Waals surface area contributed by atoms with Crippen molar-refractivity contribution in [2.75, 3.05) is 6.61 Å². The van der Waals surface area contributed by atoms with Gasteiger partial charge in [0.15, 0.2) is 17.2 Å². The minimum absolute atomic E-state index is 0.0726. The summed E-state index contributed by atoms with van der Waals surface area (Å²) in [6, 6.07) is 19.2. The third-order valence-corrected chi connectivity index (χ3v) is 5.34. The summed E-state index contributed by atoms with van der Waals surface area (Å²) in [4.78, 5) is 16.6. The van der Waals surface area contributed by atoms with Crippen LogP contribution in [-0.2, 0) is 16.1 Å². The first-order chi connectivity index (χ1) is 15.5. The Balaban J connectivity index is 1.56. The average molecular weight is 543 g/mol. The van der Waals surface area contributed by atoms with Gasteiger partial charge in [-0.3, -0.25) is 0 Å². The van der Waals surface area contributed by atoms with Gasteiger partial charge in [0, 0.05) is 14.7 Å². The van der Waals surface area contributed by atoms with Crippen molar-refractivity contribution in [2.45, 2.75) is 13.5 Å². The number of ether oxygens (including phenoxy) is 3. The van der Waals surface area contributed by atoms with E-state index in [2.05, 4.69) is 27.6 Å². The van der Waals surface area contributed by atoms with E-state index >= 15 is 0 Å². The number of esters is 1. The summed E-state index contributed by atoms with van der Waals surface area (Å²) in [5.41, 5.74) is 2.08. The Hall–Kier alpha value is -3.20. The highest BCUT2D eigenvalue weighted by Crippen LogP contribution is 2.31. The molecule has 0 saturated carbocycles. The number of hydrogen-bond donors (Lipinski definition) is 0. The SMILES string of the molecule is CCOc1cc(/C=C2\N=C(c3ccc(I)cc3)OC2=O)ccc1OCc1ccccc1F. The van der Waals surface area contributed by atoms with Crippen LogP contribution in [0.25, 0.3) is 6.08 Å². The van der Waals surface area contributed by atoms with Gasteiger partial charge in [-0.15, -0.1) is 0 Å². The maximum atomic E-state index is 13.9. The molecular formula is C25H19FINO4. The molecule has 0 radical (unpaired) electrons. The zero-order valence-electron chi connectivity index (χ0n) is 17.2. The summed E-state index contributed by atoms with van der Waals surface area (Å²) in [5.74, 6) is 0.401. The quantitative estimate of drug-likeness (QED) is 0.216. The van der Waals surface area contributed by atoms with Crippen LogP contribution in [0, 0.1) is 9.39 Å². The fraction of sp³-hybridized carbons (Fsp3) is 0.120. The molecule has 7 heteroatoms. The Kier molecular flexibility index (Phi) is 6.84. The molecule has 4 rings (SSSR count). The van der Waals surface area contributed by atoms with Crippen LogP contribution in [0.4, 0.5) is 4.39 Å². The lowest BCUT2D eigenvalue weighted by atomic mass is 10.1. The molecule has 0 N–H and O–H groups in total. The number of cyclic esters (lactones) is 1. The van der Waals surface area contributed by atoms with E-state index in [9.17, 15) is 9.18 Å². The standard InChI is InChI=1S/C25H19FINO4/c1-2-30-23-14-16(7-12-22(23)31-15-18-5-3-4-6-20(18)26)13-21-25(29)32-24(28-21)17-8-10-19(27)11-9-17/h3-14H,2,15H2,1H3/b21-13-. The zero-order valence-corrected chi connectivity index (χ0v) is 19.3. The van der Waals surface area contributed by atoms with Crippen molar-refractivity contribution in [3.8, 4) is 11.5 Å². The van der Waals surface area contributed by atoms with Crippen molar-refractivity contribution < 1.29 is 23.4 Å². The third kappa shape index (κ3) is 5.16. The highest BCUT2D eigenvalue weighted by atomic mass is 127. The largest absolute Gasteiger partial charge is 0.490 e. The molecule has 0 atom stereocenters. The van der Waals surface area contributed by atoms with Crippen LogP contribution in [0.5, 0.6) is 11.5 Å². The van der Waals surface area contributed by atoms with E-state index in [1.165, 1.54) is 6.07 Å². The molecule has 0 amide bonds. The van der Waals surface area contributed by atoms with Gasteiger partial charge >= 0.3 is 5.97 Å². The van der Waals surface area contributed by atoms with Gasteiger partial charge in [-0.05, 0) is 83.6 Å². The molecule has 1 aliphatic rings. The molecule has 0 fully saturated rings. The molecule has 0 saturated heterocycles. The molecule has 3 aromatic rings. The van der Waals surface area contributed by atoms with Crippen LogP contribution >= 0.6 is 22.6 Å². The summed E-state index contributed by atoms with van der Waals surface area (Å²) >= 11 is 2.21. The van der Waals surface area contributed by atoms with Gasteiger partial charge < -0.3 is 14.2 Å². The fourth-order valence-corrected chi connectivity index (χ4v) is 3.42. The van der Waals surface area contributed by atoms with Crippen molar-refractivity contribution in [2.24, 2.45) is 4.99 Å². The van der Waals surface area contributed by atoms with E-state index in [4.69, 9.17) is 14.2 Å². The van der Waals surface area contributed by atoms with Gasteiger partial charge in [-0.25, -0.2) is 14.2 Å². The molecule has 0 bridgehead atoms. The minimum Gasteiger partial charge on any atom is -0.490 e. The van der Waals surface area contributed by atoms with Crippen LogP contribution in [0.3, 0.4) is 0 Å². The lowest BCUT2D eigenvalue weighted by Gasteiger charge is -2.13. The smallest absolute Gasteiger partial charge is 0.363 e. The van der Waals surface area contributed by atoms with E-state index < -0.39 is 5.97 Å². The fourth-order valence-electron chi connectivity index (χ4n) is 3.06. The second kappa shape index (κ2) is 9.95. The van der Waals surface area contributed by atoms with Crippen molar-refractivity contribution in [3.63, 3.8) is 0 Å². The molecule has 3 aromatic carbocycles. The Labute approximate surface area is 198 Å². The molecule has 162 valence electrons. The van der Waals surface area contributed by atoms with Gasteiger partial charge in [0.1, 0.15) is 12.4 Å². The minimum atomic E-state index is -0.517. The third-order valence-electron chi connectivity index (χ3n) is 4.62. The lowest BCUT2D eigenvalue weighted by molar-refractivity contribution is -0.129. The topological polar surface area (TPSA) is 57.1 Å². The van der Waals surface area contributed by atoms with Crippen LogP contribution in [0.15, 0.2) is 77.4 Å². The molecule has 0 unspecified atom stereocenters. The normalized spacial score (nSPS) is 14.3. The summed E-state index contributed by atoms with van der Waals surface area (Å²) in [6.45, 7) is 2.36. The second-order valence-electron chi connectivity index (χ2n) is 6.86. The molecule has 0 aliphatic carbocycles. The first-order valence-corrected chi connectivity index (χ1v) is 11.0. The number of aliphatic imine (C=N–C) groups is 1. The van der Waals surface area contributed by atoms with E-state index in [1.807, 2.05) is 31.2 Å². The van der Waals surface area contributed by atoms with Crippen LogP contribution in [-0.4, -0.2) is 18.5 Å². The summed E-state index contributed by atoms with van der Waals surface area (Å²) in [5, 5.41) is 0. The highest BCUT2D eigenvalue weighted by molar-refractivity contribution is 14.1. The Bertz CT molecular complexity index is 1200. The number of rotatable bonds is 7. The Morgan fingerprint density at radius 2 is 1.81 bits per heavy atom. The van der Waals surface area contributed by atoms with Crippen molar-refractivity contribution in [1.82, 2.24) is 0 Å². The van der Waals surface area contributed by atoms with E-state index in [0.717, 1.165) is 9.13 Å². The molecular weight excluding hydrogens is 524 g/mol. The van der Waals surface area contributed by atoms with Crippen molar-refractivity contribution in [1.29, 1.82) is 0 Å². The number of benzene rings is 3. The summed E-state index contributed by atoms with van der Waals surface area (Å²) in [6.07, 6.45) is 1.63. The van der Waals surface area contributed by atoms with Gasteiger partial charge in [0.25, 0.3) is 0 Å². The van der Waals surface area contributed by atoms with Crippen LogP contribution < -0.4 is 9.47 Å². The molecule has 0 aromatic heterocycles. The highest BCUT2D eigenvalue weighted by Gasteiger charge is 2.24. The molecule has 5 nitrogen and oxygen atoms in total. The Morgan fingerprint density at radius 3 is 2.56 bits per heavy atom. The Morgan fingerprint density at radius 1 is 1.03 bits per heavy atom. The molecule has 1 aliphatic heterocycles. The van der Waals surface area contributed by atoms with E-state index in [-0.39, 0.29) is 24.0 Å². The van der Waals surface area contributed by atoms with Crippen LogP contribution in [0.2, 0.25) is 0 Å².